The smallest absolute Gasteiger partial charge is 0.305 e. The molecule has 654 valence electrons. The number of carboxylic acid groups (broad SMARTS) is 2. The summed E-state index contributed by atoms with van der Waals surface area (Å²) in [6, 6.07) is -2.49. The fourth-order valence-electron chi connectivity index (χ4n) is 13.3. The Balaban J connectivity index is 1.50. The maximum atomic E-state index is 15.3. The highest BCUT2D eigenvalue weighted by Gasteiger charge is 2.43. The molecule has 0 radical (unpaired) electrons. The Labute approximate surface area is 701 Å². The highest BCUT2D eigenvalue weighted by molar-refractivity contribution is 7.99. The monoisotopic (exact) mass is 1710 g/mol. The molecule has 3 heterocycles. The van der Waals surface area contributed by atoms with Crippen LogP contribution in [0.5, 0.6) is 11.5 Å². The fourth-order valence-corrected chi connectivity index (χ4v) is 14.8. The number of carbonyl (C=O) groups excluding carboxylic acids is 14. The summed E-state index contributed by atoms with van der Waals surface area (Å²) in [5.74, 6) is -22.0. The number of nitrogens with zero attached hydrogens (tertiary/aromatic N) is 2. The SMILES string of the molecule is CC[C@H](C)[C@@H]1NC(=O)[C@H](CCCNC(=N)N)NC(=O)[C@H]([C@@H](C)CC)NC(=O)[C@H](Cc2ccccc2)NC(=O)[C@@H](NC(=O)[C@H](CCSC)NC(C)=O)Cc2cc(O)c(O)c(c2)SC[C@@H](C(N)=O)NC(=O)[C@H](CC(=O)O)NC(=O)[C@H](C(C)C)NC(=O)[C@@H]2CCCN2C(=O)[C@H](Cc2c[nH]cn2)NC(=O)[C@H](CC(=O)O)NC(=O)[C@H](Cc2ccccc2)NC1=O. The zero-order valence-corrected chi connectivity index (χ0v) is 69.7. The molecular formula is C79H111N19O20S2. The van der Waals surface area contributed by atoms with Crippen molar-refractivity contribution in [2.45, 2.75) is 215 Å². The van der Waals surface area contributed by atoms with E-state index in [-0.39, 0.29) is 87.0 Å². The van der Waals surface area contributed by atoms with Crippen LogP contribution in [0.25, 0.3) is 0 Å². The second kappa shape index (κ2) is 47.5. The van der Waals surface area contributed by atoms with Crippen molar-refractivity contribution in [2.75, 3.05) is 30.9 Å². The number of nitrogens with two attached hydrogens (primary N) is 2. The molecule has 41 heteroatoms. The van der Waals surface area contributed by atoms with Gasteiger partial charge in [-0.25, -0.2) is 4.98 Å². The Morgan fingerprint density at radius 2 is 1.13 bits per heavy atom. The number of primary amides is 1. The van der Waals surface area contributed by atoms with Gasteiger partial charge in [0.1, 0.15) is 78.5 Å². The van der Waals surface area contributed by atoms with Crippen LogP contribution in [0.3, 0.4) is 0 Å². The van der Waals surface area contributed by atoms with Crippen molar-refractivity contribution in [3.05, 3.63) is 108 Å². The predicted octanol–water partition coefficient (Wildman–Crippen LogP) is -1.78. The van der Waals surface area contributed by atoms with E-state index < -0.39 is 240 Å². The van der Waals surface area contributed by atoms with Crippen molar-refractivity contribution in [3.8, 4) is 11.5 Å². The molecule has 2 aliphatic rings. The van der Waals surface area contributed by atoms with Gasteiger partial charge in [-0.3, -0.25) is 82.1 Å². The maximum Gasteiger partial charge on any atom is 0.305 e. The number of aromatic nitrogens is 2. The lowest BCUT2D eigenvalue weighted by molar-refractivity contribution is -0.144. The van der Waals surface area contributed by atoms with Crippen molar-refractivity contribution in [1.82, 2.24) is 84.0 Å². The molecule has 14 amide bonds. The van der Waals surface area contributed by atoms with Gasteiger partial charge in [0.2, 0.25) is 82.7 Å². The molecule has 120 heavy (non-hydrogen) atoms. The summed E-state index contributed by atoms with van der Waals surface area (Å²) in [5, 5.41) is 84.6. The van der Waals surface area contributed by atoms with Gasteiger partial charge in [-0.2, -0.15) is 11.8 Å². The molecule has 0 unspecified atom stereocenters. The number of imidazole rings is 1. The molecule has 1 saturated heterocycles. The number of aromatic hydroxyl groups is 2. The number of carboxylic acids is 2. The number of H-pyrrole nitrogens is 1. The topological polar surface area (TPSA) is 618 Å². The van der Waals surface area contributed by atoms with Crippen LogP contribution < -0.4 is 80.6 Å². The van der Waals surface area contributed by atoms with Gasteiger partial charge < -0.3 is 111 Å². The van der Waals surface area contributed by atoms with Crippen LogP contribution in [0.2, 0.25) is 0 Å². The Kier molecular flexibility index (Phi) is 38.3. The molecule has 39 nitrogen and oxygen atoms in total. The van der Waals surface area contributed by atoms with E-state index in [0.29, 0.717) is 28.6 Å². The molecule has 4 aromatic rings. The molecule has 15 atom stereocenters. The summed E-state index contributed by atoms with van der Waals surface area (Å²) in [6.45, 7) is 10.7. The first-order chi connectivity index (χ1) is 56.9. The summed E-state index contributed by atoms with van der Waals surface area (Å²) >= 11 is 1.95. The van der Waals surface area contributed by atoms with E-state index in [0.717, 1.165) is 11.0 Å². The van der Waals surface area contributed by atoms with Crippen molar-refractivity contribution in [3.63, 3.8) is 0 Å². The Bertz CT molecular complexity index is 4280. The van der Waals surface area contributed by atoms with E-state index in [1.54, 1.807) is 94.6 Å². The van der Waals surface area contributed by atoms with Gasteiger partial charge in [0.15, 0.2) is 17.5 Å². The third-order valence-corrected chi connectivity index (χ3v) is 22.1. The molecule has 6 rings (SSSR count). The van der Waals surface area contributed by atoms with Crippen molar-refractivity contribution < 1.29 is 97.1 Å². The lowest BCUT2D eigenvalue weighted by atomic mass is 9.95. The molecule has 2 bridgehead atoms. The number of rotatable bonds is 26. The van der Waals surface area contributed by atoms with Crippen LogP contribution in [0, 0.1) is 23.2 Å². The highest BCUT2D eigenvalue weighted by atomic mass is 32.2. The molecule has 1 aromatic heterocycles. The van der Waals surface area contributed by atoms with E-state index in [1.165, 1.54) is 51.1 Å². The summed E-state index contributed by atoms with van der Waals surface area (Å²) in [5.41, 5.74) is 12.5. The summed E-state index contributed by atoms with van der Waals surface area (Å²) in [6.07, 6.45) is 1.11. The summed E-state index contributed by atoms with van der Waals surface area (Å²) < 4.78 is 0. The summed E-state index contributed by atoms with van der Waals surface area (Å²) in [4.78, 5) is 237. The van der Waals surface area contributed by atoms with Crippen LogP contribution in [-0.4, -0.2) is 245 Å². The quantitative estimate of drug-likeness (QED) is 0.0143. The number of nitrogens with one attached hydrogen (secondary N) is 15. The number of benzene rings is 3. The van der Waals surface area contributed by atoms with Gasteiger partial charge in [-0.15, -0.1) is 11.8 Å². The average Bonchev–Trinajstić information content (AvgIpc) is 1.53. The number of phenols is 2. The Hall–Kier alpha value is -12.0. The van der Waals surface area contributed by atoms with Gasteiger partial charge in [0, 0.05) is 57.6 Å². The number of aliphatic carboxylic acids is 2. The largest absolute Gasteiger partial charge is 0.504 e. The van der Waals surface area contributed by atoms with E-state index in [9.17, 15) is 68.4 Å². The van der Waals surface area contributed by atoms with Gasteiger partial charge in [-0.1, -0.05) is 115 Å². The molecule has 0 aliphatic carbocycles. The number of fused-ring (bicyclic) bond motifs is 3. The van der Waals surface area contributed by atoms with Crippen LogP contribution in [0.15, 0.2) is 90.2 Å². The van der Waals surface area contributed by atoms with E-state index in [4.69, 9.17) is 16.9 Å². The van der Waals surface area contributed by atoms with Crippen LogP contribution in [0.1, 0.15) is 129 Å². The number of hydrogen-bond acceptors (Lipinski definition) is 22. The standard InChI is InChI=1S/C79H111N19O20S2/c1-9-41(5)63-76(116)87-48(23-17-26-84-79(81)82)68(108)96-64(42(6)10-2)77(117)91-50(29-44-19-13-11-14-20-44)69(109)90-53(35-60(101)102)71(111)93-55(34-47-37-83-39-85-47)78(118)98-27-18-24-57(98)74(114)95-62(40(3)4)75(115)92-54(36-61(103)104)72(112)94-56(66(80)106)38-120-59-33-46(32-58(100)65(59)105)31-52(88-67(107)49(25-28-119-8)86-43(7)99)70(110)89-51(73(113)97-63)30-45-21-15-12-16-22-45/h11-16,19-22,32-33,37,39-42,48-57,62-64,100,105H,9-10,17-18,23-31,34-36,38H2,1-8H3,(H2,80,106)(H,83,85)(H,86,99)(H,87,116)(H,88,107)(H,89,110)(H,90,109)(H,91,117)(H,92,115)(H,93,111)(H,94,112)(H,95,114)(H,96,108)(H,97,113)(H,101,102)(H,103,104)(H4,81,82,84)/t41-,42-,48-,49-,50-,51-,52-,53-,54-,55-,56-,57-,62-,63-,64-/m0/s1. The molecule has 1 fully saturated rings. The Morgan fingerprint density at radius 1 is 0.633 bits per heavy atom. The van der Waals surface area contributed by atoms with Gasteiger partial charge in [0.05, 0.1) is 29.8 Å². The first-order valence-corrected chi connectivity index (χ1v) is 41.7. The van der Waals surface area contributed by atoms with Gasteiger partial charge in [-0.05, 0) is 90.7 Å². The number of hydrogen-bond donors (Lipinski definition) is 21. The number of amides is 14. The predicted molar refractivity (Wildman–Crippen MR) is 440 cm³/mol. The minimum Gasteiger partial charge on any atom is -0.504 e. The lowest BCUT2D eigenvalue weighted by Crippen LogP contribution is -2.62. The number of carbonyl (C=O) groups is 16. The van der Waals surface area contributed by atoms with Gasteiger partial charge in [0.25, 0.3) is 0 Å². The summed E-state index contributed by atoms with van der Waals surface area (Å²) in [7, 11) is 0. The fraction of sp³-hybridized carbons (Fsp3) is 0.519. The van der Waals surface area contributed by atoms with Gasteiger partial charge >= 0.3 is 11.9 Å². The second-order valence-corrected chi connectivity index (χ2v) is 31.9. The molecular weight excluding hydrogens is 1600 g/mol. The van der Waals surface area contributed by atoms with Crippen LogP contribution in [-0.2, 0) is 102 Å². The third kappa shape index (κ3) is 30.1. The molecule has 0 spiro atoms. The van der Waals surface area contributed by atoms with Crippen molar-refractivity contribution in [2.24, 2.45) is 29.2 Å². The number of guanidine groups is 1. The van der Waals surface area contributed by atoms with Crippen LogP contribution in [0.4, 0.5) is 0 Å². The molecule has 0 saturated carbocycles. The van der Waals surface area contributed by atoms with Crippen molar-refractivity contribution in [1.29, 1.82) is 5.41 Å². The highest BCUT2D eigenvalue weighted by Crippen LogP contribution is 2.38. The number of phenolic OH excluding ortho intramolecular Hbond substituents is 2. The Morgan fingerprint density at radius 3 is 1.65 bits per heavy atom. The van der Waals surface area contributed by atoms with E-state index >= 15 is 28.8 Å². The zero-order valence-electron chi connectivity index (χ0n) is 68.0. The normalized spacial score (nSPS) is 23.6. The first-order valence-electron chi connectivity index (χ1n) is 39.4. The average molecular weight is 1710 g/mol. The molecule has 3 aromatic carbocycles. The molecule has 23 N–H and O–H groups in total. The first kappa shape index (κ1) is 96.8. The maximum absolute atomic E-state index is 15.3. The zero-order chi connectivity index (χ0) is 88.6. The van der Waals surface area contributed by atoms with E-state index in [2.05, 4.69) is 79.1 Å². The minimum atomic E-state index is -2.00. The van der Waals surface area contributed by atoms with Crippen LogP contribution >= 0.6 is 23.5 Å². The number of thioether (sulfide) groups is 2. The van der Waals surface area contributed by atoms with E-state index in [1.807, 2.05) is 0 Å². The lowest BCUT2D eigenvalue weighted by Gasteiger charge is -2.32. The third-order valence-electron chi connectivity index (χ3n) is 20.3. The minimum absolute atomic E-state index is 0.00379. The molecule has 2 aliphatic heterocycles. The number of aromatic amines is 1. The second-order valence-electron chi connectivity index (χ2n) is 29.9. The van der Waals surface area contributed by atoms with Crippen molar-refractivity contribution >= 4 is 124 Å².